The minimum atomic E-state index is -0.235. The van der Waals surface area contributed by atoms with Gasteiger partial charge < -0.3 is 0 Å². The average molecular weight is 657 g/mol. The highest BCUT2D eigenvalue weighted by molar-refractivity contribution is 6.29. The first-order valence-corrected chi connectivity index (χ1v) is 17.9. The Bertz CT molecular complexity index is 2640. The Morgan fingerprint density at radius 1 is 0.490 bits per heavy atom. The molecule has 0 spiro atoms. The summed E-state index contributed by atoms with van der Waals surface area (Å²) in [4.78, 5) is 10.4. The van der Waals surface area contributed by atoms with Gasteiger partial charge in [0.1, 0.15) is 0 Å². The molecule has 9 rings (SSSR count). The van der Waals surface area contributed by atoms with Gasteiger partial charge in [0.15, 0.2) is 5.84 Å². The van der Waals surface area contributed by atoms with Crippen molar-refractivity contribution >= 4 is 38.8 Å². The van der Waals surface area contributed by atoms with E-state index in [4.69, 9.17) is 9.98 Å². The van der Waals surface area contributed by atoms with Crippen LogP contribution in [0.1, 0.15) is 73.6 Å². The molecule has 51 heavy (non-hydrogen) atoms. The fraction of sp³-hybridized carbons (Fsp3) is 0.143. The normalized spacial score (nSPS) is 15.4. The van der Waals surface area contributed by atoms with E-state index in [0.29, 0.717) is 11.5 Å². The third-order valence-corrected chi connectivity index (χ3v) is 11.4. The third kappa shape index (κ3) is 4.56. The largest absolute Gasteiger partial charge is 0.233 e. The standard InChI is InChI=1S/C49H40N2/c1-30(32-18-9-7-10-19-32)50-47(33-20-11-8-12-21-33)51-31(2)42-35-23-13-14-24-36(35)43-39-29-28-37-34-22-15-16-26-40(34)48(3,4)45(37)46(39)49(5,6)41-27-17-25-38(42)44(41)43/h7-29H,1H2,2-6H3. The Hall–Kier alpha value is -5.86. The van der Waals surface area contributed by atoms with Gasteiger partial charge in [-0.3, -0.25) is 0 Å². The minimum Gasteiger partial charge on any atom is -0.233 e. The molecule has 0 saturated heterocycles. The van der Waals surface area contributed by atoms with E-state index in [2.05, 4.69) is 132 Å². The summed E-state index contributed by atoms with van der Waals surface area (Å²) in [6, 6.07) is 49.9. The van der Waals surface area contributed by atoms with Crippen molar-refractivity contribution in [2.24, 2.45) is 9.98 Å². The minimum absolute atomic E-state index is 0.115. The molecule has 0 aliphatic heterocycles. The Balaban J connectivity index is 1.33. The lowest BCUT2D eigenvalue weighted by molar-refractivity contribution is 0.591. The molecule has 0 radical (unpaired) electrons. The molecule has 0 saturated carbocycles. The number of rotatable bonds is 4. The summed E-state index contributed by atoms with van der Waals surface area (Å²) >= 11 is 0. The van der Waals surface area contributed by atoms with Gasteiger partial charge in [-0.15, -0.1) is 0 Å². The van der Waals surface area contributed by atoms with Crippen LogP contribution in [0.5, 0.6) is 0 Å². The lowest BCUT2D eigenvalue weighted by atomic mass is 9.63. The van der Waals surface area contributed by atoms with Gasteiger partial charge in [-0.2, -0.15) is 0 Å². The molecule has 2 aliphatic carbocycles. The Labute approximate surface area is 300 Å². The van der Waals surface area contributed by atoms with Crippen LogP contribution in [0.15, 0.2) is 156 Å². The van der Waals surface area contributed by atoms with Crippen molar-refractivity contribution in [1.82, 2.24) is 0 Å². The van der Waals surface area contributed by atoms with Crippen molar-refractivity contribution in [3.63, 3.8) is 0 Å². The molecule has 0 heterocycles. The molecule has 2 aliphatic rings. The Kier molecular flexibility index (Phi) is 6.92. The van der Waals surface area contributed by atoms with Gasteiger partial charge in [-0.05, 0) is 78.5 Å². The number of benzene rings is 7. The van der Waals surface area contributed by atoms with Crippen LogP contribution in [0.3, 0.4) is 0 Å². The Morgan fingerprint density at radius 3 is 1.78 bits per heavy atom. The molecule has 0 amide bonds. The molecule has 246 valence electrons. The second kappa shape index (κ2) is 11.3. The third-order valence-electron chi connectivity index (χ3n) is 11.4. The van der Waals surface area contributed by atoms with Crippen LogP contribution in [0.2, 0.25) is 0 Å². The molecule has 2 nitrogen and oxygen atoms in total. The highest BCUT2D eigenvalue weighted by Crippen LogP contribution is 2.59. The van der Waals surface area contributed by atoms with Crippen LogP contribution < -0.4 is 0 Å². The number of hydrogen-bond donors (Lipinski definition) is 0. The van der Waals surface area contributed by atoms with Gasteiger partial charge in [0.05, 0.1) is 5.70 Å². The van der Waals surface area contributed by atoms with Gasteiger partial charge in [0, 0.05) is 27.7 Å². The lowest BCUT2D eigenvalue weighted by Gasteiger charge is -2.40. The molecule has 0 aromatic heterocycles. The van der Waals surface area contributed by atoms with E-state index in [1.165, 1.54) is 66.1 Å². The van der Waals surface area contributed by atoms with E-state index in [9.17, 15) is 0 Å². The van der Waals surface area contributed by atoms with Gasteiger partial charge in [-0.25, -0.2) is 9.98 Å². The van der Waals surface area contributed by atoms with Gasteiger partial charge >= 0.3 is 0 Å². The van der Waals surface area contributed by atoms with Crippen molar-refractivity contribution in [1.29, 1.82) is 0 Å². The summed E-state index contributed by atoms with van der Waals surface area (Å²) in [6.07, 6.45) is 0. The van der Waals surface area contributed by atoms with Crippen LogP contribution in [0.25, 0.3) is 49.5 Å². The molecule has 0 atom stereocenters. The highest BCUT2D eigenvalue weighted by atomic mass is 14.9. The molecule has 0 fully saturated rings. The molecule has 0 bridgehead atoms. The van der Waals surface area contributed by atoms with E-state index in [1.807, 2.05) is 48.5 Å². The van der Waals surface area contributed by atoms with Crippen molar-refractivity contribution < 1.29 is 0 Å². The van der Waals surface area contributed by atoms with Crippen LogP contribution in [0.4, 0.5) is 0 Å². The first-order chi connectivity index (χ1) is 24.7. The van der Waals surface area contributed by atoms with Crippen molar-refractivity contribution in [2.75, 3.05) is 0 Å². The fourth-order valence-electron chi connectivity index (χ4n) is 9.06. The summed E-state index contributed by atoms with van der Waals surface area (Å²) in [5.74, 6) is 0.648. The van der Waals surface area contributed by atoms with Crippen molar-refractivity contribution in [2.45, 2.75) is 45.4 Å². The SMILES string of the molecule is C=C(N=C(N=C(C)c1c2ccccc2c2c3c(cccc13)C(C)(C)c1c-2ccc2c1C(C)(C)c1ccccc1-2)c1ccccc1)c1ccccc1. The molecule has 0 unspecified atom stereocenters. The smallest absolute Gasteiger partial charge is 0.160 e. The van der Waals surface area contributed by atoms with E-state index in [1.54, 1.807) is 0 Å². The summed E-state index contributed by atoms with van der Waals surface area (Å²) in [6.45, 7) is 16.1. The van der Waals surface area contributed by atoms with E-state index in [-0.39, 0.29) is 10.8 Å². The van der Waals surface area contributed by atoms with Gasteiger partial charge in [0.25, 0.3) is 0 Å². The molecular formula is C49H40N2. The summed E-state index contributed by atoms with van der Waals surface area (Å²) < 4.78 is 0. The molecular weight excluding hydrogens is 617 g/mol. The van der Waals surface area contributed by atoms with Crippen LogP contribution in [-0.4, -0.2) is 11.5 Å². The predicted octanol–water partition coefficient (Wildman–Crippen LogP) is 12.5. The van der Waals surface area contributed by atoms with Crippen LogP contribution in [-0.2, 0) is 10.8 Å². The first kappa shape index (κ1) is 31.1. The zero-order valence-corrected chi connectivity index (χ0v) is 29.9. The number of nitrogens with zero attached hydrogens (tertiary/aromatic N) is 2. The zero-order chi connectivity index (χ0) is 35.1. The van der Waals surface area contributed by atoms with E-state index >= 15 is 0 Å². The highest BCUT2D eigenvalue weighted by Gasteiger charge is 2.45. The maximum Gasteiger partial charge on any atom is 0.160 e. The maximum absolute atomic E-state index is 5.36. The topological polar surface area (TPSA) is 24.7 Å². The number of hydrogen-bond acceptors (Lipinski definition) is 1. The van der Waals surface area contributed by atoms with Crippen molar-refractivity contribution in [3.05, 3.63) is 185 Å². The second-order valence-electron chi connectivity index (χ2n) is 15.0. The Morgan fingerprint density at radius 2 is 1.04 bits per heavy atom. The summed E-state index contributed by atoms with van der Waals surface area (Å²) in [7, 11) is 0. The van der Waals surface area contributed by atoms with Gasteiger partial charge in [-0.1, -0.05) is 174 Å². The quantitative estimate of drug-likeness (QED) is 0.102. The predicted molar refractivity (Wildman–Crippen MR) is 217 cm³/mol. The lowest BCUT2D eigenvalue weighted by Crippen LogP contribution is -2.29. The monoisotopic (exact) mass is 656 g/mol. The van der Waals surface area contributed by atoms with Gasteiger partial charge in [0.2, 0.25) is 0 Å². The van der Waals surface area contributed by atoms with Crippen LogP contribution >= 0.6 is 0 Å². The summed E-state index contributed by atoms with van der Waals surface area (Å²) in [5.41, 5.74) is 15.4. The molecule has 7 aromatic carbocycles. The number of amidine groups is 1. The van der Waals surface area contributed by atoms with Crippen molar-refractivity contribution in [3.8, 4) is 22.3 Å². The molecule has 7 aromatic rings. The number of fused-ring (bicyclic) bond motifs is 8. The average Bonchev–Trinajstić information content (AvgIpc) is 3.39. The van der Waals surface area contributed by atoms with E-state index in [0.717, 1.165) is 22.4 Å². The maximum atomic E-state index is 5.36. The number of aliphatic imine (C=N–C) groups is 2. The molecule has 0 N–H and O–H groups in total. The zero-order valence-electron chi connectivity index (χ0n) is 29.9. The summed E-state index contributed by atoms with van der Waals surface area (Å²) in [5, 5.41) is 4.98. The fourth-order valence-corrected chi connectivity index (χ4v) is 9.06. The molecule has 2 heteroatoms. The first-order valence-electron chi connectivity index (χ1n) is 17.9. The second-order valence-corrected chi connectivity index (χ2v) is 15.0. The van der Waals surface area contributed by atoms with E-state index < -0.39 is 0 Å². The van der Waals surface area contributed by atoms with Crippen LogP contribution in [0, 0.1) is 0 Å².